The number of hydrogen-bond donors (Lipinski definition) is 1. The summed E-state index contributed by atoms with van der Waals surface area (Å²) in [6.07, 6.45) is 4.38. The molecule has 2 aromatic rings. The minimum Gasteiger partial charge on any atom is -0.300 e. The number of benzene rings is 1. The number of piperidine rings is 1. The summed E-state index contributed by atoms with van der Waals surface area (Å²) >= 11 is 0. The van der Waals surface area contributed by atoms with E-state index in [9.17, 15) is 4.79 Å². The molecule has 1 aliphatic heterocycles. The van der Waals surface area contributed by atoms with E-state index in [-0.39, 0.29) is 5.69 Å². The van der Waals surface area contributed by atoms with Crippen molar-refractivity contribution in [2.45, 2.75) is 39.2 Å². The van der Waals surface area contributed by atoms with Crippen molar-refractivity contribution in [1.82, 2.24) is 19.7 Å². The molecule has 5 heteroatoms. The summed E-state index contributed by atoms with van der Waals surface area (Å²) in [6, 6.07) is 10.1. The van der Waals surface area contributed by atoms with Crippen LogP contribution in [0.3, 0.4) is 0 Å². The molecule has 1 saturated heterocycles. The highest BCUT2D eigenvalue weighted by molar-refractivity contribution is 5.16. The van der Waals surface area contributed by atoms with Crippen LogP contribution in [0.4, 0.5) is 0 Å². The highest BCUT2D eigenvalue weighted by atomic mass is 16.1. The average molecular weight is 326 g/mol. The Labute approximate surface area is 143 Å². The first-order chi connectivity index (χ1) is 11.6. The van der Waals surface area contributed by atoms with Gasteiger partial charge in [-0.05, 0) is 45.3 Å². The number of rotatable bonds is 5. The Morgan fingerprint density at radius 1 is 1.25 bits per heavy atom. The number of hydrogen-bond acceptors (Lipinski definition) is 3. The van der Waals surface area contributed by atoms with Gasteiger partial charge in [-0.1, -0.05) is 42.0 Å². The van der Waals surface area contributed by atoms with E-state index in [4.69, 9.17) is 0 Å². The summed E-state index contributed by atoms with van der Waals surface area (Å²) in [5.74, 6) is 1.27. The van der Waals surface area contributed by atoms with Crippen LogP contribution in [0.2, 0.25) is 0 Å². The van der Waals surface area contributed by atoms with Crippen molar-refractivity contribution in [3.8, 4) is 0 Å². The molecule has 2 heterocycles. The number of allylic oxidation sites excluding steroid dienone is 1. The van der Waals surface area contributed by atoms with Crippen molar-refractivity contribution in [2.24, 2.45) is 0 Å². The minimum atomic E-state index is -0.110. The van der Waals surface area contributed by atoms with Crippen molar-refractivity contribution in [2.75, 3.05) is 19.6 Å². The second-order valence-corrected chi connectivity index (χ2v) is 6.82. The van der Waals surface area contributed by atoms with Gasteiger partial charge in [0.2, 0.25) is 0 Å². The fourth-order valence-electron chi connectivity index (χ4n) is 3.25. The van der Waals surface area contributed by atoms with Crippen LogP contribution in [0.15, 0.2) is 46.8 Å². The number of aromatic nitrogens is 3. The zero-order chi connectivity index (χ0) is 16.9. The van der Waals surface area contributed by atoms with Crippen LogP contribution in [-0.4, -0.2) is 39.3 Å². The molecule has 0 aliphatic carbocycles. The van der Waals surface area contributed by atoms with Crippen LogP contribution in [-0.2, 0) is 6.54 Å². The highest BCUT2D eigenvalue weighted by Gasteiger charge is 2.25. The van der Waals surface area contributed by atoms with E-state index < -0.39 is 0 Å². The van der Waals surface area contributed by atoms with E-state index in [2.05, 4.69) is 35.0 Å². The maximum atomic E-state index is 12.2. The van der Waals surface area contributed by atoms with Gasteiger partial charge in [0.1, 0.15) is 5.82 Å². The van der Waals surface area contributed by atoms with Gasteiger partial charge in [-0.2, -0.15) is 5.10 Å². The Morgan fingerprint density at radius 3 is 2.62 bits per heavy atom. The van der Waals surface area contributed by atoms with E-state index in [0.717, 1.165) is 43.9 Å². The Bertz CT molecular complexity index is 732. The zero-order valence-electron chi connectivity index (χ0n) is 14.5. The van der Waals surface area contributed by atoms with Gasteiger partial charge in [0, 0.05) is 12.5 Å². The molecule has 1 aromatic carbocycles. The molecular formula is C19H26N4O. The van der Waals surface area contributed by atoms with Crippen LogP contribution >= 0.6 is 0 Å². The predicted molar refractivity (Wildman–Crippen MR) is 96.2 cm³/mol. The zero-order valence-corrected chi connectivity index (χ0v) is 14.5. The molecule has 0 spiro atoms. The van der Waals surface area contributed by atoms with Crippen molar-refractivity contribution < 1.29 is 0 Å². The number of nitrogens with one attached hydrogen (secondary N) is 1. The SMILES string of the molecule is CC(C)=CCN1CCC(c2n[nH]c(=O)n2Cc2ccccc2)CC1. The molecule has 0 bridgehead atoms. The first-order valence-electron chi connectivity index (χ1n) is 8.68. The normalized spacial score (nSPS) is 16.2. The lowest BCUT2D eigenvalue weighted by molar-refractivity contribution is 0.226. The highest BCUT2D eigenvalue weighted by Crippen LogP contribution is 2.26. The van der Waals surface area contributed by atoms with Crippen LogP contribution in [0.1, 0.15) is 44.0 Å². The van der Waals surface area contributed by atoms with Gasteiger partial charge in [0.15, 0.2) is 0 Å². The molecule has 0 unspecified atom stereocenters. The second kappa shape index (κ2) is 7.62. The fraction of sp³-hybridized carbons (Fsp3) is 0.474. The first-order valence-corrected chi connectivity index (χ1v) is 8.68. The summed E-state index contributed by atoms with van der Waals surface area (Å²) in [5.41, 5.74) is 2.38. The van der Waals surface area contributed by atoms with Gasteiger partial charge < -0.3 is 0 Å². The molecule has 5 nitrogen and oxygen atoms in total. The van der Waals surface area contributed by atoms with Gasteiger partial charge in [0.05, 0.1) is 6.54 Å². The third-order valence-corrected chi connectivity index (χ3v) is 4.68. The van der Waals surface area contributed by atoms with E-state index in [0.29, 0.717) is 12.5 Å². The summed E-state index contributed by atoms with van der Waals surface area (Å²) in [6.45, 7) is 8.00. The minimum absolute atomic E-state index is 0.110. The Balaban J connectivity index is 1.68. The lowest BCUT2D eigenvalue weighted by atomic mass is 9.95. The first kappa shape index (κ1) is 16.7. The predicted octanol–water partition coefficient (Wildman–Crippen LogP) is 2.77. The van der Waals surface area contributed by atoms with Gasteiger partial charge in [-0.3, -0.25) is 9.47 Å². The van der Waals surface area contributed by atoms with E-state index in [1.165, 1.54) is 5.57 Å². The Hall–Kier alpha value is -2.14. The molecule has 24 heavy (non-hydrogen) atoms. The quantitative estimate of drug-likeness (QED) is 0.860. The largest absolute Gasteiger partial charge is 0.343 e. The molecule has 0 saturated carbocycles. The molecule has 128 valence electrons. The molecule has 1 fully saturated rings. The number of H-pyrrole nitrogens is 1. The maximum absolute atomic E-state index is 12.2. The lowest BCUT2D eigenvalue weighted by Crippen LogP contribution is -2.34. The molecule has 0 amide bonds. The fourth-order valence-corrected chi connectivity index (χ4v) is 3.25. The van der Waals surface area contributed by atoms with E-state index >= 15 is 0 Å². The number of aromatic amines is 1. The van der Waals surface area contributed by atoms with Crippen LogP contribution in [0, 0.1) is 0 Å². The molecule has 0 radical (unpaired) electrons. The monoisotopic (exact) mass is 326 g/mol. The topological polar surface area (TPSA) is 53.9 Å². The molecule has 1 N–H and O–H groups in total. The van der Waals surface area contributed by atoms with Crippen molar-refractivity contribution >= 4 is 0 Å². The second-order valence-electron chi connectivity index (χ2n) is 6.82. The van der Waals surface area contributed by atoms with Crippen molar-refractivity contribution in [1.29, 1.82) is 0 Å². The summed E-state index contributed by atoms with van der Waals surface area (Å²) in [4.78, 5) is 14.6. The number of likely N-dealkylation sites (tertiary alicyclic amines) is 1. The van der Waals surface area contributed by atoms with Crippen molar-refractivity contribution in [3.05, 3.63) is 63.9 Å². The Kier molecular flexibility index (Phi) is 5.30. The van der Waals surface area contributed by atoms with Gasteiger partial charge in [-0.25, -0.2) is 9.89 Å². The lowest BCUT2D eigenvalue weighted by Gasteiger charge is -2.30. The summed E-state index contributed by atoms with van der Waals surface area (Å²) < 4.78 is 1.80. The standard InChI is InChI=1S/C19H26N4O/c1-15(2)8-11-22-12-9-17(10-13-22)18-20-21-19(24)23(18)14-16-6-4-3-5-7-16/h3-8,17H,9-14H2,1-2H3,(H,21,24). The summed E-state index contributed by atoms with van der Waals surface area (Å²) in [5, 5.41) is 6.97. The molecule has 3 rings (SSSR count). The Morgan fingerprint density at radius 2 is 1.96 bits per heavy atom. The van der Waals surface area contributed by atoms with Gasteiger partial charge in [0.25, 0.3) is 0 Å². The van der Waals surface area contributed by atoms with E-state index in [1.54, 1.807) is 4.57 Å². The smallest absolute Gasteiger partial charge is 0.300 e. The van der Waals surface area contributed by atoms with Gasteiger partial charge in [-0.15, -0.1) is 0 Å². The third-order valence-electron chi connectivity index (χ3n) is 4.68. The third kappa shape index (κ3) is 4.03. The summed E-state index contributed by atoms with van der Waals surface area (Å²) in [7, 11) is 0. The van der Waals surface area contributed by atoms with Crippen LogP contribution in [0.25, 0.3) is 0 Å². The molecule has 0 atom stereocenters. The number of nitrogens with zero attached hydrogens (tertiary/aromatic N) is 3. The van der Waals surface area contributed by atoms with Crippen molar-refractivity contribution in [3.63, 3.8) is 0 Å². The maximum Gasteiger partial charge on any atom is 0.343 e. The molecule has 1 aromatic heterocycles. The van der Waals surface area contributed by atoms with Crippen LogP contribution < -0.4 is 5.69 Å². The van der Waals surface area contributed by atoms with Gasteiger partial charge >= 0.3 is 5.69 Å². The van der Waals surface area contributed by atoms with E-state index in [1.807, 2.05) is 30.3 Å². The molecule has 1 aliphatic rings. The van der Waals surface area contributed by atoms with Crippen LogP contribution in [0.5, 0.6) is 0 Å². The average Bonchev–Trinajstić information content (AvgIpc) is 2.95. The molecular weight excluding hydrogens is 300 g/mol.